The first kappa shape index (κ1) is 19.5. The number of piperidine rings is 1. The van der Waals surface area contributed by atoms with Gasteiger partial charge in [-0.05, 0) is 67.6 Å². The van der Waals surface area contributed by atoms with Crippen LogP contribution >= 0.6 is 0 Å². The van der Waals surface area contributed by atoms with E-state index in [2.05, 4.69) is 36.9 Å². The summed E-state index contributed by atoms with van der Waals surface area (Å²) in [6, 6.07) is 20.3. The molecule has 4 heteroatoms. The zero-order chi connectivity index (χ0) is 20.2. The summed E-state index contributed by atoms with van der Waals surface area (Å²) in [5.74, 6) is 0.334. The second kappa shape index (κ2) is 8.66. The molecule has 4 nitrogen and oxygen atoms in total. The van der Waals surface area contributed by atoms with Crippen LogP contribution in [0.15, 0.2) is 71.3 Å². The molecule has 0 bridgehead atoms. The van der Waals surface area contributed by atoms with E-state index >= 15 is 0 Å². The van der Waals surface area contributed by atoms with Gasteiger partial charge in [-0.15, -0.1) is 0 Å². The monoisotopic (exact) mass is 388 g/mol. The number of hydrogen-bond acceptors (Lipinski definition) is 3. The molecule has 4 rings (SSSR count). The Morgan fingerprint density at radius 2 is 1.76 bits per heavy atom. The molecule has 2 heterocycles. The molecular weight excluding hydrogens is 360 g/mol. The predicted octanol–water partition coefficient (Wildman–Crippen LogP) is 5.21. The molecule has 1 aliphatic heterocycles. The first-order valence-corrected chi connectivity index (χ1v) is 10.3. The van der Waals surface area contributed by atoms with E-state index in [4.69, 9.17) is 4.42 Å². The number of carbonyl (C=O) groups is 1. The van der Waals surface area contributed by atoms with E-state index in [0.29, 0.717) is 5.76 Å². The minimum Gasteiger partial charge on any atom is -0.459 e. The Morgan fingerprint density at radius 3 is 2.41 bits per heavy atom. The van der Waals surface area contributed by atoms with Gasteiger partial charge >= 0.3 is 0 Å². The fraction of sp³-hybridized carbons (Fsp3) is 0.320. The van der Waals surface area contributed by atoms with Crippen molar-refractivity contribution in [3.8, 4) is 0 Å². The van der Waals surface area contributed by atoms with Crippen LogP contribution in [0.25, 0.3) is 0 Å². The van der Waals surface area contributed by atoms with Crippen molar-refractivity contribution >= 4 is 11.6 Å². The molecule has 1 fully saturated rings. The second-order valence-electron chi connectivity index (χ2n) is 7.91. The van der Waals surface area contributed by atoms with E-state index in [1.807, 2.05) is 35.2 Å². The van der Waals surface area contributed by atoms with E-state index in [1.165, 1.54) is 16.7 Å². The molecule has 1 aliphatic rings. The summed E-state index contributed by atoms with van der Waals surface area (Å²) >= 11 is 0. The van der Waals surface area contributed by atoms with Crippen LogP contribution in [0.1, 0.15) is 40.1 Å². The van der Waals surface area contributed by atoms with Crippen LogP contribution < -0.4 is 4.90 Å². The number of nitrogens with zero attached hydrogens (tertiary/aromatic N) is 2. The summed E-state index contributed by atoms with van der Waals surface area (Å²) in [6.07, 6.45) is 3.46. The molecule has 1 saturated heterocycles. The quantitative estimate of drug-likeness (QED) is 0.602. The summed E-state index contributed by atoms with van der Waals surface area (Å²) in [4.78, 5) is 17.6. The average molecular weight is 389 g/mol. The molecule has 0 saturated carbocycles. The van der Waals surface area contributed by atoms with Crippen molar-refractivity contribution in [2.24, 2.45) is 0 Å². The maximum Gasteiger partial charge on any atom is 0.294 e. The lowest BCUT2D eigenvalue weighted by molar-refractivity contribution is 0.0931. The van der Waals surface area contributed by atoms with Gasteiger partial charge < -0.3 is 9.32 Å². The van der Waals surface area contributed by atoms with Crippen molar-refractivity contribution in [3.05, 3.63) is 89.4 Å². The maximum atomic E-state index is 13.2. The van der Waals surface area contributed by atoms with Gasteiger partial charge in [-0.2, -0.15) is 0 Å². The normalized spacial score (nSPS) is 15.4. The molecule has 2 aromatic carbocycles. The van der Waals surface area contributed by atoms with Crippen LogP contribution in [-0.2, 0) is 6.54 Å². The largest absolute Gasteiger partial charge is 0.459 e. The molecule has 0 N–H and O–H groups in total. The van der Waals surface area contributed by atoms with E-state index in [9.17, 15) is 4.79 Å². The number of hydrogen-bond donors (Lipinski definition) is 0. The van der Waals surface area contributed by atoms with Crippen molar-refractivity contribution in [1.82, 2.24) is 4.90 Å². The van der Waals surface area contributed by atoms with Gasteiger partial charge in [0.05, 0.1) is 6.26 Å². The number of furan rings is 1. The van der Waals surface area contributed by atoms with E-state index < -0.39 is 0 Å². The molecule has 0 radical (unpaired) electrons. The van der Waals surface area contributed by atoms with Crippen LogP contribution in [0.5, 0.6) is 0 Å². The molecule has 0 atom stereocenters. The van der Waals surface area contributed by atoms with Gasteiger partial charge in [0.25, 0.3) is 5.91 Å². The number of rotatable bonds is 5. The first-order valence-electron chi connectivity index (χ1n) is 10.3. The molecule has 1 aromatic heterocycles. The molecule has 0 aliphatic carbocycles. The third-order valence-corrected chi connectivity index (χ3v) is 5.88. The highest BCUT2D eigenvalue weighted by atomic mass is 16.3. The summed E-state index contributed by atoms with van der Waals surface area (Å²) < 4.78 is 5.41. The number of para-hydroxylation sites is 1. The number of benzene rings is 2. The standard InChI is InChI=1S/C25H28N2O2/c1-19-10-11-21(17-20(19)2)18-26-14-12-23(13-15-26)27(22-7-4-3-5-8-22)25(28)24-9-6-16-29-24/h3-11,16-17,23H,12-15,18H2,1-2H3. The molecule has 0 spiro atoms. The van der Waals surface area contributed by atoms with E-state index in [-0.39, 0.29) is 11.9 Å². The highest BCUT2D eigenvalue weighted by molar-refractivity contribution is 6.04. The van der Waals surface area contributed by atoms with E-state index in [1.54, 1.807) is 18.4 Å². The second-order valence-corrected chi connectivity index (χ2v) is 7.91. The highest BCUT2D eigenvalue weighted by Crippen LogP contribution is 2.26. The molecule has 29 heavy (non-hydrogen) atoms. The van der Waals surface area contributed by atoms with Crippen molar-refractivity contribution in [2.45, 2.75) is 39.3 Å². The SMILES string of the molecule is Cc1ccc(CN2CCC(N(C(=O)c3ccco3)c3ccccc3)CC2)cc1C. The summed E-state index contributed by atoms with van der Waals surface area (Å²) in [6.45, 7) is 7.24. The first-order chi connectivity index (χ1) is 14.1. The Morgan fingerprint density at radius 1 is 1.00 bits per heavy atom. The number of amides is 1. The predicted molar refractivity (Wildman–Crippen MR) is 116 cm³/mol. The minimum absolute atomic E-state index is 0.0613. The van der Waals surface area contributed by atoms with Gasteiger partial charge in [0.2, 0.25) is 0 Å². The van der Waals surface area contributed by atoms with E-state index in [0.717, 1.165) is 38.2 Å². The van der Waals surface area contributed by atoms with Crippen LogP contribution in [0.4, 0.5) is 5.69 Å². The van der Waals surface area contributed by atoms with Crippen molar-refractivity contribution < 1.29 is 9.21 Å². The molecule has 0 unspecified atom stereocenters. The smallest absolute Gasteiger partial charge is 0.294 e. The topological polar surface area (TPSA) is 36.7 Å². The van der Waals surface area contributed by atoms with Crippen LogP contribution in [0.2, 0.25) is 0 Å². The Bertz CT molecular complexity index is 942. The van der Waals surface area contributed by atoms with Gasteiger partial charge in [-0.3, -0.25) is 9.69 Å². The Balaban J connectivity index is 1.46. The maximum absolute atomic E-state index is 13.2. The Labute approximate surface area is 172 Å². The molecule has 1 amide bonds. The molecule has 3 aromatic rings. The Hall–Kier alpha value is -2.85. The van der Waals surface area contributed by atoms with Gasteiger partial charge in [0, 0.05) is 31.4 Å². The van der Waals surface area contributed by atoms with Crippen molar-refractivity contribution in [3.63, 3.8) is 0 Å². The lowest BCUT2D eigenvalue weighted by atomic mass is 10.00. The minimum atomic E-state index is -0.0613. The fourth-order valence-corrected chi connectivity index (χ4v) is 4.10. The number of anilines is 1. The zero-order valence-electron chi connectivity index (χ0n) is 17.2. The van der Waals surface area contributed by atoms with Crippen LogP contribution in [0, 0.1) is 13.8 Å². The third-order valence-electron chi connectivity index (χ3n) is 5.88. The number of carbonyl (C=O) groups excluding carboxylic acids is 1. The summed E-state index contributed by atoms with van der Waals surface area (Å²) in [5, 5.41) is 0. The third kappa shape index (κ3) is 4.43. The summed E-state index contributed by atoms with van der Waals surface area (Å²) in [5.41, 5.74) is 4.97. The zero-order valence-corrected chi connectivity index (χ0v) is 17.2. The van der Waals surface area contributed by atoms with Crippen LogP contribution in [-0.4, -0.2) is 29.9 Å². The lowest BCUT2D eigenvalue weighted by Gasteiger charge is -2.38. The fourth-order valence-electron chi connectivity index (χ4n) is 4.10. The average Bonchev–Trinajstić information content (AvgIpc) is 3.28. The lowest BCUT2D eigenvalue weighted by Crippen LogP contribution is -2.47. The molecule has 150 valence electrons. The van der Waals surface area contributed by atoms with Crippen molar-refractivity contribution in [2.75, 3.05) is 18.0 Å². The van der Waals surface area contributed by atoms with Gasteiger partial charge in [-0.1, -0.05) is 36.4 Å². The highest BCUT2D eigenvalue weighted by Gasteiger charge is 2.31. The molecular formula is C25H28N2O2. The van der Waals surface area contributed by atoms with Gasteiger partial charge in [0.15, 0.2) is 5.76 Å². The Kier molecular flexibility index (Phi) is 5.81. The number of likely N-dealkylation sites (tertiary alicyclic amines) is 1. The summed E-state index contributed by atoms with van der Waals surface area (Å²) in [7, 11) is 0. The number of aryl methyl sites for hydroxylation is 2. The van der Waals surface area contributed by atoms with Gasteiger partial charge in [-0.25, -0.2) is 0 Å². The van der Waals surface area contributed by atoms with Crippen molar-refractivity contribution in [1.29, 1.82) is 0 Å². The van der Waals surface area contributed by atoms with Crippen LogP contribution in [0.3, 0.4) is 0 Å². The van der Waals surface area contributed by atoms with Gasteiger partial charge in [0.1, 0.15) is 0 Å².